The number of benzene rings is 1. The van der Waals surface area contributed by atoms with Crippen molar-refractivity contribution in [2.45, 2.75) is 12.6 Å². The van der Waals surface area contributed by atoms with Gasteiger partial charge in [0.15, 0.2) is 0 Å². The third-order valence-corrected chi connectivity index (χ3v) is 5.76. The van der Waals surface area contributed by atoms with Crippen molar-refractivity contribution in [3.63, 3.8) is 0 Å². The summed E-state index contributed by atoms with van der Waals surface area (Å²) in [6.45, 7) is 3.54. The fourth-order valence-electron chi connectivity index (χ4n) is 2.95. The van der Waals surface area contributed by atoms with Crippen LogP contribution in [0.15, 0.2) is 41.8 Å². The molecule has 144 valence electrons. The van der Waals surface area contributed by atoms with Gasteiger partial charge in [-0.1, -0.05) is 35.9 Å². The third-order valence-electron chi connectivity index (χ3n) is 4.42. The molecule has 2 amide bonds. The Morgan fingerprint density at radius 2 is 1.85 bits per heavy atom. The minimum Gasteiger partial charge on any atom is -0.379 e. The van der Waals surface area contributed by atoms with Gasteiger partial charge in [0.25, 0.3) is 0 Å². The minimum atomic E-state index is -0.665. The molecule has 2 heterocycles. The largest absolute Gasteiger partial charge is 0.379 e. The second-order valence-corrected chi connectivity index (χ2v) is 7.55. The number of morpholine rings is 1. The van der Waals surface area contributed by atoms with E-state index in [0.717, 1.165) is 23.5 Å². The summed E-state index contributed by atoms with van der Waals surface area (Å²) in [6, 6.07) is 11.3. The molecule has 27 heavy (non-hydrogen) atoms. The first-order valence-corrected chi connectivity index (χ1v) is 10.1. The maximum atomic E-state index is 12.2. The summed E-state index contributed by atoms with van der Waals surface area (Å²) in [7, 11) is 0. The summed E-state index contributed by atoms with van der Waals surface area (Å²) in [5.74, 6) is -1.31. The molecule has 0 spiro atoms. The zero-order chi connectivity index (χ0) is 19.1. The number of nitrogens with zero attached hydrogens (tertiary/aromatic N) is 1. The number of carbonyl (C=O) groups is 2. The first kappa shape index (κ1) is 19.8. The molecule has 6 nitrogen and oxygen atoms in total. The number of nitrogens with one attached hydrogen (secondary N) is 2. The van der Waals surface area contributed by atoms with E-state index in [1.54, 1.807) is 17.4 Å². The zero-order valence-electron chi connectivity index (χ0n) is 14.8. The lowest BCUT2D eigenvalue weighted by Crippen LogP contribution is -2.46. The van der Waals surface area contributed by atoms with Crippen LogP contribution in [-0.2, 0) is 20.9 Å². The van der Waals surface area contributed by atoms with Crippen LogP contribution in [0.1, 0.15) is 16.5 Å². The van der Waals surface area contributed by atoms with Gasteiger partial charge in [-0.05, 0) is 23.1 Å². The molecule has 2 N–H and O–H groups in total. The minimum absolute atomic E-state index is 0.0363. The standard InChI is InChI=1S/C19H22ClN3O3S/c20-15-5-2-1-4-14(15)12-21-18(24)19(25)22-13-16(17-6-3-11-27-17)23-7-9-26-10-8-23/h1-6,11,16H,7-10,12-13H2,(H,21,24)(H,22,25)/t16-/m1/s1. The molecule has 1 aromatic heterocycles. The van der Waals surface area contributed by atoms with Gasteiger partial charge in [-0.3, -0.25) is 14.5 Å². The van der Waals surface area contributed by atoms with Crippen LogP contribution in [0.2, 0.25) is 5.02 Å². The van der Waals surface area contributed by atoms with E-state index in [-0.39, 0.29) is 12.6 Å². The number of thiophene rings is 1. The van der Waals surface area contributed by atoms with Crippen LogP contribution in [0.4, 0.5) is 0 Å². The quantitative estimate of drug-likeness (QED) is 0.720. The fraction of sp³-hybridized carbons (Fsp3) is 0.368. The van der Waals surface area contributed by atoms with Crippen molar-refractivity contribution in [3.8, 4) is 0 Å². The molecule has 3 rings (SSSR count). The number of hydrogen-bond donors (Lipinski definition) is 2. The molecule has 1 atom stereocenters. The maximum absolute atomic E-state index is 12.2. The van der Waals surface area contributed by atoms with E-state index in [2.05, 4.69) is 21.6 Å². The van der Waals surface area contributed by atoms with Gasteiger partial charge in [0.1, 0.15) is 0 Å². The molecule has 0 aliphatic carbocycles. The SMILES string of the molecule is O=C(NCc1ccccc1Cl)C(=O)NC[C@H](c1cccs1)N1CCOCC1. The van der Waals surface area contributed by atoms with Crippen molar-refractivity contribution in [3.05, 3.63) is 57.2 Å². The highest BCUT2D eigenvalue weighted by Crippen LogP contribution is 2.25. The number of ether oxygens (including phenoxy) is 1. The Morgan fingerprint density at radius 3 is 2.56 bits per heavy atom. The molecule has 1 fully saturated rings. The molecule has 1 aliphatic heterocycles. The molecule has 1 aromatic carbocycles. The summed E-state index contributed by atoms with van der Waals surface area (Å²) in [5, 5.41) is 7.94. The highest BCUT2D eigenvalue weighted by molar-refractivity contribution is 7.10. The molecule has 8 heteroatoms. The molecule has 0 saturated carbocycles. The molecule has 1 saturated heterocycles. The van der Waals surface area contributed by atoms with E-state index in [0.29, 0.717) is 24.8 Å². The van der Waals surface area contributed by atoms with Crippen LogP contribution in [-0.4, -0.2) is 49.6 Å². The summed E-state index contributed by atoms with van der Waals surface area (Å²) in [6.07, 6.45) is 0. The van der Waals surface area contributed by atoms with E-state index in [1.807, 2.05) is 29.6 Å². The average Bonchev–Trinajstić information content (AvgIpc) is 3.22. The van der Waals surface area contributed by atoms with Crippen molar-refractivity contribution in [2.24, 2.45) is 0 Å². The van der Waals surface area contributed by atoms with E-state index in [1.165, 1.54) is 0 Å². The molecular weight excluding hydrogens is 386 g/mol. The number of halogens is 1. The van der Waals surface area contributed by atoms with Gasteiger partial charge >= 0.3 is 11.8 Å². The Hall–Kier alpha value is -1.93. The Bertz CT molecular complexity index is 763. The van der Waals surface area contributed by atoms with Gasteiger partial charge in [-0.25, -0.2) is 0 Å². The lowest BCUT2D eigenvalue weighted by Gasteiger charge is -2.34. The monoisotopic (exact) mass is 407 g/mol. The van der Waals surface area contributed by atoms with Gasteiger partial charge in [0.2, 0.25) is 0 Å². The van der Waals surface area contributed by atoms with Crippen molar-refractivity contribution in [2.75, 3.05) is 32.8 Å². The highest BCUT2D eigenvalue weighted by atomic mass is 35.5. The summed E-state index contributed by atoms with van der Waals surface area (Å²) in [4.78, 5) is 27.8. The predicted octanol–water partition coefficient (Wildman–Crippen LogP) is 2.21. The van der Waals surface area contributed by atoms with Gasteiger partial charge < -0.3 is 15.4 Å². The van der Waals surface area contributed by atoms with Gasteiger partial charge in [-0.15, -0.1) is 11.3 Å². The molecule has 0 bridgehead atoms. The van der Waals surface area contributed by atoms with Gasteiger partial charge in [0.05, 0.1) is 19.3 Å². The molecule has 0 radical (unpaired) electrons. The maximum Gasteiger partial charge on any atom is 0.309 e. The third kappa shape index (κ3) is 5.52. The van der Waals surface area contributed by atoms with Gasteiger partial charge in [0, 0.05) is 36.1 Å². The first-order chi connectivity index (χ1) is 13.1. The van der Waals surface area contributed by atoms with E-state index < -0.39 is 11.8 Å². The summed E-state index contributed by atoms with van der Waals surface area (Å²) in [5.41, 5.74) is 0.769. The van der Waals surface area contributed by atoms with Gasteiger partial charge in [-0.2, -0.15) is 0 Å². The Morgan fingerprint density at radius 1 is 1.11 bits per heavy atom. The smallest absolute Gasteiger partial charge is 0.309 e. The van der Waals surface area contributed by atoms with Crippen LogP contribution >= 0.6 is 22.9 Å². The topological polar surface area (TPSA) is 70.7 Å². The van der Waals surface area contributed by atoms with Crippen LogP contribution in [0.5, 0.6) is 0 Å². The Kier molecular flexibility index (Phi) is 7.23. The van der Waals surface area contributed by atoms with Crippen molar-refractivity contribution in [1.29, 1.82) is 0 Å². The molecule has 0 unspecified atom stereocenters. The van der Waals surface area contributed by atoms with Crippen LogP contribution in [0.25, 0.3) is 0 Å². The van der Waals surface area contributed by atoms with Crippen LogP contribution in [0.3, 0.4) is 0 Å². The lowest BCUT2D eigenvalue weighted by atomic mass is 10.2. The van der Waals surface area contributed by atoms with E-state index in [9.17, 15) is 9.59 Å². The highest BCUT2D eigenvalue weighted by Gasteiger charge is 2.25. The zero-order valence-corrected chi connectivity index (χ0v) is 16.4. The average molecular weight is 408 g/mol. The van der Waals surface area contributed by atoms with Crippen molar-refractivity contribution >= 4 is 34.8 Å². The number of amides is 2. The lowest BCUT2D eigenvalue weighted by molar-refractivity contribution is -0.139. The summed E-state index contributed by atoms with van der Waals surface area (Å²) < 4.78 is 5.41. The van der Waals surface area contributed by atoms with Crippen molar-refractivity contribution < 1.29 is 14.3 Å². The molecule has 1 aliphatic rings. The number of carbonyl (C=O) groups excluding carboxylic acids is 2. The van der Waals surface area contributed by atoms with Crippen LogP contribution < -0.4 is 10.6 Å². The second-order valence-electron chi connectivity index (χ2n) is 6.16. The molecular formula is C19H22ClN3O3S. The number of rotatable bonds is 6. The second kappa shape index (κ2) is 9.85. The summed E-state index contributed by atoms with van der Waals surface area (Å²) >= 11 is 7.71. The Labute approximate surface area is 167 Å². The predicted molar refractivity (Wildman–Crippen MR) is 106 cm³/mol. The van der Waals surface area contributed by atoms with E-state index >= 15 is 0 Å². The van der Waals surface area contributed by atoms with E-state index in [4.69, 9.17) is 16.3 Å². The molecule has 2 aromatic rings. The first-order valence-electron chi connectivity index (χ1n) is 8.80. The van der Waals surface area contributed by atoms with Crippen molar-refractivity contribution in [1.82, 2.24) is 15.5 Å². The normalized spacial score (nSPS) is 15.9. The fourth-order valence-corrected chi connectivity index (χ4v) is 4.01. The Balaban J connectivity index is 1.53. The number of hydrogen-bond acceptors (Lipinski definition) is 5. The van der Waals surface area contributed by atoms with Crippen LogP contribution in [0, 0.1) is 0 Å².